The molecule has 0 bridgehead atoms. The van der Waals surface area contributed by atoms with Gasteiger partial charge in [0.2, 0.25) is 5.91 Å². The lowest BCUT2D eigenvalue weighted by Crippen LogP contribution is -2.49. The van der Waals surface area contributed by atoms with E-state index in [1.807, 2.05) is 29.6 Å². The van der Waals surface area contributed by atoms with Gasteiger partial charge in [-0.2, -0.15) is 0 Å². The number of carbonyl (C=O) groups excluding carboxylic acids is 1. The van der Waals surface area contributed by atoms with Crippen molar-refractivity contribution in [1.29, 1.82) is 0 Å². The molecule has 1 fully saturated rings. The van der Waals surface area contributed by atoms with Crippen LogP contribution in [0.2, 0.25) is 0 Å². The minimum absolute atomic E-state index is 0.0494. The van der Waals surface area contributed by atoms with E-state index in [1.165, 1.54) is 12.1 Å². The van der Waals surface area contributed by atoms with Crippen molar-refractivity contribution in [3.63, 3.8) is 0 Å². The molecule has 5 nitrogen and oxygen atoms in total. The molecule has 2 unspecified atom stereocenters. The first kappa shape index (κ1) is 16.6. The molecule has 6 heteroatoms. The van der Waals surface area contributed by atoms with Gasteiger partial charge in [-0.3, -0.25) is 4.79 Å². The average Bonchev–Trinajstić information content (AvgIpc) is 3.01. The summed E-state index contributed by atoms with van der Waals surface area (Å²) in [5.74, 6) is 0.801. The molecule has 1 amide bonds. The van der Waals surface area contributed by atoms with Gasteiger partial charge in [-0.15, -0.1) is 0 Å². The topological polar surface area (TPSA) is 50.2 Å². The minimum Gasteiger partial charge on any atom is -0.336 e. The van der Waals surface area contributed by atoms with Crippen molar-refractivity contribution in [3.8, 4) is 0 Å². The molecule has 1 saturated heterocycles. The molecule has 0 saturated carbocycles. The average molecular weight is 330 g/mol. The third-order valence-electron chi connectivity index (χ3n) is 4.64. The summed E-state index contributed by atoms with van der Waals surface area (Å²) in [5, 5.41) is 3.34. The van der Waals surface area contributed by atoms with Gasteiger partial charge in [0.25, 0.3) is 0 Å². The van der Waals surface area contributed by atoms with Crippen LogP contribution in [0.5, 0.6) is 0 Å². The van der Waals surface area contributed by atoms with Crippen molar-refractivity contribution in [2.45, 2.75) is 25.3 Å². The van der Waals surface area contributed by atoms with E-state index in [2.05, 4.69) is 10.3 Å². The van der Waals surface area contributed by atoms with Crippen LogP contribution in [0.3, 0.4) is 0 Å². The van der Waals surface area contributed by atoms with E-state index in [0.717, 1.165) is 17.9 Å². The Morgan fingerprint density at radius 2 is 2.17 bits per heavy atom. The Morgan fingerprint density at radius 3 is 2.83 bits per heavy atom. The van der Waals surface area contributed by atoms with Crippen LogP contribution < -0.4 is 5.32 Å². The molecule has 0 radical (unpaired) electrons. The minimum atomic E-state index is -0.255. The van der Waals surface area contributed by atoms with Crippen molar-refractivity contribution in [3.05, 3.63) is 53.9 Å². The molecule has 1 aromatic heterocycles. The molecule has 1 aromatic carbocycles. The number of hydrogen-bond donors (Lipinski definition) is 1. The van der Waals surface area contributed by atoms with Gasteiger partial charge in [-0.05, 0) is 23.6 Å². The Labute approximate surface area is 141 Å². The maximum absolute atomic E-state index is 13.1. The highest BCUT2D eigenvalue weighted by atomic mass is 19.1. The standard InChI is InChI=1S/C18H23FN4O/c1-13(14-3-5-15(19)6-4-14)11-17(24)23-10-7-20-12-16(23)18-21-8-9-22(18)2/h3-6,8-9,13,16,20H,7,10-12H2,1-2H3. The van der Waals surface area contributed by atoms with Crippen LogP contribution in [-0.4, -0.2) is 40.0 Å². The normalized spacial score (nSPS) is 19.3. The molecule has 1 aliphatic rings. The molecular formula is C18H23FN4O. The Hall–Kier alpha value is -2.21. The van der Waals surface area contributed by atoms with E-state index < -0.39 is 0 Å². The number of hydrogen-bond acceptors (Lipinski definition) is 3. The van der Waals surface area contributed by atoms with Crippen molar-refractivity contribution in [2.24, 2.45) is 7.05 Å². The maximum atomic E-state index is 13.1. The predicted octanol–water partition coefficient (Wildman–Crippen LogP) is 2.23. The molecule has 1 N–H and O–H groups in total. The van der Waals surface area contributed by atoms with Gasteiger partial charge >= 0.3 is 0 Å². The molecular weight excluding hydrogens is 307 g/mol. The zero-order valence-electron chi connectivity index (χ0n) is 14.1. The van der Waals surface area contributed by atoms with E-state index in [9.17, 15) is 9.18 Å². The van der Waals surface area contributed by atoms with Crippen LogP contribution in [0.15, 0.2) is 36.7 Å². The van der Waals surface area contributed by atoms with Gasteiger partial charge in [0.15, 0.2) is 0 Å². The van der Waals surface area contributed by atoms with E-state index >= 15 is 0 Å². The Kier molecular flexibility index (Phi) is 4.94. The first-order chi connectivity index (χ1) is 11.6. The smallest absolute Gasteiger partial charge is 0.223 e. The van der Waals surface area contributed by atoms with E-state index in [0.29, 0.717) is 19.5 Å². The van der Waals surface area contributed by atoms with Gasteiger partial charge in [-0.25, -0.2) is 9.37 Å². The molecule has 1 aliphatic heterocycles. The quantitative estimate of drug-likeness (QED) is 0.935. The molecule has 0 aliphatic carbocycles. The van der Waals surface area contributed by atoms with Gasteiger partial charge in [0.05, 0.1) is 0 Å². The van der Waals surface area contributed by atoms with Gasteiger partial charge < -0.3 is 14.8 Å². The van der Waals surface area contributed by atoms with Crippen molar-refractivity contribution < 1.29 is 9.18 Å². The molecule has 128 valence electrons. The highest BCUT2D eigenvalue weighted by molar-refractivity contribution is 5.77. The highest BCUT2D eigenvalue weighted by Crippen LogP contribution is 2.25. The lowest BCUT2D eigenvalue weighted by Gasteiger charge is -2.36. The highest BCUT2D eigenvalue weighted by Gasteiger charge is 2.31. The van der Waals surface area contributed by atoms with E-state index in [1.54, 1.807) is 18.3 Å². The predicted molar refractivity (Wildman–Crippen MR) is 90.0 cm³/mol. The lowest BCUT2D eigenvalue weighted by molar-refractivity contribution is -0.135. The number of rotatable bonds is 4. The number of nitrogens with zero attached hydrogens (tertiary/aromatic N) is 3. The number of aryl methyl sites for hydroxylation is 1. The lowest BCUT2D eigenvalue weighted by atomic mass is 9.96. The van der Waals surface area contributed by atoms with Crippen molar-refractivity contribution in [1.82, 2.24) is 19.8 Å². The maximum Gasteiger partial charge on any atom is 0.223 e. The number of imidazole rings is 1. The zero-order valence-corrected chi connectivity index (χ0v) is 14.1. The zero-order chi connectivity index (χ0) is 17.1. The second-order valence-corrected chi connectivity index (χ2v) is 6.36. The van der Waals surface area contributed by atoms with E-state index in [-0.39, 0.29) is 23.7 Å². The fourth-order valence-electron chi connectivity index (χ4n) is 3.22. The fraction of sp³-hybridized carbons (Fsp3) is 0.444. The second-order valence-electron chi connectivity index (χ2n) is 6.36. The molecule has 2 heterocycles. The summed E-state index contributed by atoms with van der Waals surface area (Å²) in [4.78, 5) is 19.2. The number of aromatic nitrogens is 2. The Balaban J connectivity index is 1.72. The van der Waals surface area contributed by atoms with Gasteiger partial charge in [0, 0.05) is 45.5 Å². The van der Waals surface area contributed by atoms with Crippen molar-refractivity contribution in [2.75, 3.05) is 19.6 Å². The van der Waals surface area contributed by atoms with Crippen LogP contribution in [0.4, 0.5) is 4.39 Å². The van der Waals surface area contributed by atoms with Gasteiger partial charge in [0.1, 0.15) is 17.7 Å². The number of piperazine rings is 1. The summed E-state index contributed by atoms with van der Waals surface area (Å²) in [7, 11) is 1.95. The SMILES string of the molecule is CC(CC(=O)N1CCNCC1c1nccn1C)c1ccc(F)cc1. The largest absolute Gasteiger partial charge is 0.336 e. The molecule has 2 atom stereocenters. The summed E-state index contributed by atoms with van der Waals surface area (Å²) < 4.78 is 15.0. The number of carbonyl (C=O) groups is 1. The number of halogens is 1. The van der Waals surface area contributed by atoms with Crippen LogP contribution in [0.1, 0.15) is 36.7 Å². The monoisotopic (exact) mass is 330 g/mol. The number of amides is 1. The first-order valence-electron chi connectivity index (χ1n) is 8.29. The summed E-state index contributed by atoms with van der Waals surface area (Å²) >= 11 is 0. The summed E-state index contributed by atoms with van der Waals surface area (Å²) in [6, 6.07) is 6.34. The fourth-order valence-corrected chi connectivity index (χ4v) is 3.22. The summed E-state index contributed by atoms with van der Waals surface area (Å²) in [6.45, 7) is 4.18. The van der Waals surface area contributed by atoms with E-state index in [4.69, 9.17) is 0 Å². The summed E-state index contributed by atoms with van der Waals surface area (Å²) in [5.41, 5.74) is 0.980. The van der Waals surface area contributed by atoms with Crippen LogP contribution >= 0.6 is 0 Å². The second kappa shape index (κ2) is 7.13. The molecule has 24 heavy (non-hydrogen) atoms. The summed E-state index contributed by atoms with van der Waals surface area (Å²) in [6.07, 6.45) is 4.06. The molecule has 0 spiro atoms. The Morgan fingerprint density at radius 1 is 1.42 bits per heavy atom. The number of nitrogens with one attached hydrogen (secondary N) is 1. The number of benzene rings is 1. The first-order valence-corrected chi connectivity index (χ1v) is 8.29. The third-order valence-corrected chi connectivity index (χ3v) is 4.64. The van der Waals surface area contributed by atoms with Crippen molar-refractivity contribution >= 4 is 5.91 Å². The molecule has 2 aromatic rings. The van der Waals surface area contributed by atoms with Crippen LogP contribution in [0, 0.1) is 5.82 Å². The Bertz CT molecular complexity index is 697. The third kappa shape index (κ3) is 3.48. The van der Waals surface area contributed by atoms with Crippen LogP contribution in [-0.2, 0) is 11.8 Å². The molecule has 3 rings (SSSR count). The van der Waals surface area contributed by atoms with Gasteiger partial charge in [-0.1, -0.05) is 19.1 Å². The van der Waals surface area contributed by atoms with Crippen LogP contribution in [0.25, 0.3) is 0 Å².